The van der Waals surface area contributed by atoms with Crippen molar-refractivity contribution in [3.63, 3.8) is 0 Å². The number of aromatic nitrogens is 6. The van der Waals surface area contributed by atoms with Gasteiger partial charge in [0.1, 0.15) is 24.0 Å². The number of nitrogens with zero attached hydrogens (tertiary/aromatic N) is 7. The summed E-state index contributed by atoms with van der Waals surface area (Å²) in [7, 11) is 1.97. The van der Waals surface area contributed by atoms with E-state index in [1.807, 2.05) is 30.1 Å². The van der Waals surface area contributed by atoms with E-state index in [4.69, 9.17) is 4.99 Å². The van der Waals surface area contributed by atoms with Gasteiger partial charge in [-0.05, 0) is 38.1 Å². The molecule has 1 atom stereocenters. The van der Waals surface area contributed by atoms with Crippen LogP contribution >= 0.6 is 35.3 Å². The van der Waals surface area contributed by atoms with Crippen molar-refractivity contribution in [2.45, 2.75) is 52.2 Å². The summed E-state index contributed by atoms with van der Waals surface area (Å²) in [4.78, 5) is 10.6. The standard InChI is InChI=1S/C19H27N9S.HI/c1-13-22-17-7-6-15(12-28(17)26-13)23-19(20-9-8-16-5-4-10-29-16)21-11-18-25-24-14(2)27(18)3;/h4-5,10,15H,6-9,11-12H2,1-3H3,(H2,20,21,23);1H. The number of hydrogen-bond donors (Lipinski definition) is 2. The largest absolute Gasteiger partial charge is 0.356 e. The summed E-state index contributed by atoms with van der Waals surface area (Å²) < 4.78 is 3.98. The summed E-state index contributed by atoms with van der Waals surface area (Å²) in [5.74, 6) is 4.43. The Morgan fingerprint density at radius 3 is 2.93 bits per heavy atom. The molecule has 1 aliphatic heterocycles. The van der Waals surface area contributed by atoms with Crippen molar-refractivity contribution in [2.24, 2.45) is 12.0 Å². The van der Waals surface area contributed by atoms with E-state index in [0.717, 1.165) is 61.6 Å². The number of aryl methyl sites for hydroxylation is 3. The number of nitrogens with one attached hydrogen (secondary N) is 2. The zero-order chi connectivity index (χ0) is 20.2. The number of guanidine groups is 1. The second-order valence-corrected chi connectivity index (χ2v) is 8.31. The summed E-state index contributed by atoms with van der Waals surface area (Å²) in [6.07, 6.45) is 2.90. The number of rotatable bonds is 6. The molecule has 0 amide bonds. The minimum Gasteiger partial charge on any atom is -0.356 e. The normalized spacial score (nSPS) is 16.1. The molecule has 0 spiro atoms. The third kappa shape index (κ3) is 5.56. The van der Waals surface area contributed by atoms with Crippen LogP contribution in [-0.2, 0) is 33.0 Å². The van der Waals surface area contributed by atoms with Crippen LogP contribution in [0.1, 0.15) is 34.6 Å². The maximum absolute atomic E-state index is 4.77. The van der Waals surface area contributed by atoms with Crippen LogP contribution in [0.3, 0.4) is 0 Å². The molecule has 4 heterocycles. The number of fused-ring (bicyclic) bond motifs is 1. The predicted octanol–water partition coefficient (Wildman–Crippen LogP) is 2.00. The summed E-state index contributed by atoms with van der Waals surface area (Å²) in [6.45, 7) is 5.98. The Morgan fingerprint density at radius 2 is 2.20 bits per heavy atom. The maximum Gasteiger partial charge on any atom is 0.192 e. The van der Waals surface area contributed by atoms with Gasteiger partial charge in [0.25, 0.3) is 0 Å². The second-order valence-electron chi connectivity index (χ2n) is 7.28. The van der Waals surface area contributed by atoms with Gasteiger partial charge in [-0.2, -0.15) is 5.10 Å². The Kier molecular flexibility index (Phi) is 7.81. The first kappa shape index (κ1) is 22.7. The molecule has 3 aromatic heterocycles. The van der Waals surface area contributed by atoms with Crippen LogP contribution in [0.2, 0.25) is 0 Å². The molecular formula is C19H28IN9S. The lowest BCUT2D eigenvalue weighted by molar-refractivity contribution is 0.392. The van der Waals surface area contributed by atoms with Gasteiger partial charge in [0, 0.05) is 30.9 Å². The highest BCUT2D eigenvalue weighted by Crippen LogP contribution is 2.13. The predicted molar refractivity (Wildman–Crippen MR) is 128 cm³/mol. The van der Waals surface area contributed by atoms with Crippen LogP contribution in [-0.4, -0.2) is 48.1 Å². The van der Waals surface area contributed by atoms with Gasteiger partial charge in [0.15, 0.2) is 11.8 Å². The average Bonchev–Trinajstić information content (AvgIpc) is 3.41. The Morgan fingerprint density at radius 1 is 1.33 bits per heavy atom. The van der Waals surface area contributed by atoms with Crippen molar-refractivity contribution in [2.75, 3.05) is 6.54 Å². The fraction of sp³-hybridized carbons (Fsp3) is 0.526. The molecule has 0 aliphatic carbocycles. The molecule has 1 aliphatic rings. The van der Waals surface area contributed by atoms with Crippen LogP contribution in [0.4, 0.5) is 0 Å². The average molecular weight is 541 g/mol. The number of thiophene rings is 1. The van der Waals surface area contributed by atoms with Crippen LogP contribution in [0.15, 0.2) is 22.5 Å². The van der Waals surface area contributed by atoms with Gasteiger partial charge in [-0.1, -0.05) is 6.07 Å². The molecule has 3 aromatic rings. The minimum atomic E-state index is 0. The van der Waals surface area contributed by atoms with Gasteiger partial charge in [0.05, 0.1) is 6.54 Å². The summed E-state index contributed by atoms with van der Waals surface area (Å²) in [6, 6.07) is 4.51. The molecule has 11 heteroatoms. The van der Waals surface area contributed by atoms with E-state index in [0.29, 0.717) is 6.54 Å². The van der Waals surface area contributed by atoms with Gasteiger partial charge >= 0.3 is 0 Å². The van der Waals surface area contributed by atoms with Gasteiger partial charge in [-0.3, -0.25) is 0 Å². The molecule has 0 saturated heterocycles. The van der Waals surface area contributed by atoms with E-state index in [9.17, 15) is 0 Å². The van der Waals surface area contributed by atoms with E-state index in [1.165, 1.54) is 4.88 Å². The first-order valence-electron chi connectivity index (χ1n) is 9.91. The highest BCUT2D eigenvalue weighted by Gasteiger charge is 2.21. The Balaban J connectivity index is 0.00000256. The first-order valence-corrected chi connectivity index (χ1v) is 10.8. The molecule has 0 fully saturated rings. The molecule has 0 aromatic carbocycles. The molecule has 4 rings (SSSR count). The van der Waals surface area contributed by atoms with Crippen molar-refractivity contribution in [1.82, 2.24) is 40.2 Å². The zero-order valence-corrected chi connectivity index (χ0v) is 20.6. The van der Waals surface area contributed by atoms with Crippen LogP contribution in [0.25, 0.3) is 0 Å². The lowest BCUT2D eigenvalue weighted by atomic mass is 10.1. The highest BCUT2D eigenvalue weighted by molar-refractivity contribution is 14.0. The number of aliphatic imine (C=N–C) groups is 1. The van der Waals surface area contributed by atoms with Gasteiger partial charge in [-0.25, -0.2) is 14.7 Å². The Bertz CT molecular complexity index is 976. The molecule has 9 nitrogen and oxygen atoms in total. The van der Waals surface area contributed by atoms with Crippen LogP contribution < -0.4 is 10.6 Å². The molecule has 0 saturated carbocycles. The molecule has 30 heavy (non-hydrogen) atoms. The first-order chi connectivity index (χ1) is 14.1. The summed E-state index contributed by atoms with van der Waals surface area (Å²) in [5.41, 5.74) is 0. The SMILES string of the molecule is Cc1nc2n(n1)CC(NC(=NCc1nnc(C)n1C)NCCc1cccs1)CC2.I. The monoisotopic (exact) mass is 541 g/mol. The van der Waals surface area contributed by atoms with Gasteiger partial charge in [-0.15, -0.1) is 45.5 Å². The maximum atomic E-state index is 4.77. The smallest absolute Gasteiger partial charge is 0.192 e. The molecule has 0 bridgehead atoms. The molecule has 2 N–H and O–H groups in total. The number of halogens is 1. The van der Waals surface area contributed by atoms with Crippen LogP contribution in [0, 0.1) is 13.8 Å². The van der Waals surface area contributed by atoms with Crippen LogP contribution in [0.5, 0.6) is 0 Å². The Labute approximate surface area is 197 Å². The Hall–Kier alpha value is -2.02. The van der Waals surface area contributed by atoms with Crippen molar-refractivity contribution in [1.29, 1.82) is 0 Å². The van der Waals surface area contributed by atoms with E-state index in [1.54, 1.807) is 11.3 Å². The third-order valence-electron chi connectivity index (χ3n) is 5.11. The van der Waals surface area contributed by atoms with Gasteiger partial charge < -0.3 is 15.2 Å². The second kappa shape index (κ2) is 10.3. The topological polar surface area (TPSA) is 97.8 Å². The molecular weight excluding hydrogens is 513 g/mol. The molecule has 162 valence electrons. The number of hydrogen-bond acceptors (Lipinski definition) is 6. The summed E-state index contributed by atoms with van der Waals surface area (Å²) >= 11 is 1.78. The molecule has 1 unspecified atom stereocenters. The minimum absolute atomic E-state index is 0. The van der Waals surface area contributed by atoms with E-state index >= 15 is 0 Å². The zero-order valence-electron chi connectivity index (χ0n) is 17.5. The quantitative estimate of drug-likeness (QED) is 0.282. The van der Waals surface area contributed by atoms with E-state index < -0.39 is 0 Å². The third-order valence-corrected chi connectivity index (χ3v) is 6.05. The van der Waals surface area contributed by atoms with Gasteiger partial charge in [0.2, 0.25) is 0 Å². The van der Waals surface area contributed by atoms with Crippen molar-refractivity contribution in [3.05, 3.63) is 45.7 Å². The van der Waals surface area contributed by atoms with E-state index in [2.05, 4.69) is 48.4 Å². The van der Waals surface area contributed by atoms with Crippen molar-refractivity contribution >= 4 is 41.3 Å². The lowest BCUT2D eigenvalue weighted by Gasteiger charge is -2.25. The fourth-order valence-electron chi connectivity index (χ4n) is 3.39. The fourth-order valence-corrected chi connectivity index (χ4v) is 4.10. The lowest BCUT2D eigenvalue weighted by Crippen LogP contribution is -2.47. The van der Waals surface area contributed by atoms with Crippen molar-refractivity contribution < 1.29 is 0 Å². The molecule has 0 radical (unpaired) electrons. The van der Waals surface area contributed by atoms with Crippen molar-refractivity contribution in [3.8, 4) is 0 Å². The highest BCUT2D eigenvalue weighted by atomic mass is 127. The summed E-state index contributed by atoms with van der Waals surface area (Å²) in [5, 5.41) is 22.0. The van der Waals surface area contributed by atoms with E-state index in [-0.39, 0.29) is 30.0 Å².